The second-order valence-electron chi connectivity index (χ2n) is 2.38. The van der Waals surface area contributed by atoms with Crippen molar-refractivity contribution in [2.75, 3.05) is 6.79 Å². The maximum absolute atomic E-state index is 10.7. The van der Waals surface area contributed by atoms with Crippen LogP contribution in [-0.4, -0.2) is 18.9 Å². The number of esters is 1. The molecule has 3 heteroatoms. The third-order valence-electron chi connectivity index (χ3n) is 1.55. The first kappa shape index (κ1) is 7.54. The Morgan fingerprint density at radius 2 is 2.50 bits per heavy atom. The largest absolute Gasteiger partial charge is 0.437 e. The summed E-state index contributed by atoms with van der Waals surface area (Å²) in [6.45, 7) is 2.23. The minimum Gasteiger partial charge on any atom is -0.437 e. The van der Waals surface area contributed by atoms with E-state index in [4.69, 9.17) is 4.74 Å². The van der Waals surface area contributed by atoms with Gasteiger partial charge in [0.05, 0.1) is 0 Å². The minimum absolute atomic E-state index is 0.146. The third kappa shape index (κ3) is 1.70. The fourth-order valence-electron chi connectivity index (χ4n) is 0.926. The van der Waals surface area contributed by atoms with Crippen LogP contribution < -0.4 is 0 Å². The summed E-state index contributed by atoms with van der Waals surface area (Å²) < 4.78 is 9.60. The average molecular weight is 144 g/mol. The summed E-state index contributed by atoms with van der Waals surface area (Å²) in [7, 11) is 0. The lowest BCUT2D eigenvalue weighted by molar-refractivity contribution is -0.139. The van der Waals surface area contributed by atoms with Crippen LogP contribution >= 0.6 is 0 Å². The lowest BCUT2D eigenvalue weighted by atomic mass is 10.2. The molecule has 0 aromatic rings. The van der Waals surface area contributed by atoms with Crippen LogP contribution in [0.5, 0.6) is 0 Å². The van der Waals surface area contributed by atoms with Gasteiger partial charge in [0, 0.05) is 0 Å². The van der Waals surface area contributed by atoms with Crippen LogP contribution in [0.25, 0.3) is 0 Å². The molecule has 0 radical (unpaired) electrons. The molecule has 58 valence electrons. The molecule has 0 N–H and O–H groups in total. The molecule has 0 spiro atoms. The molecule has 0 saturated carbocycles. The summed E-state index contributed by atoms with van der Waals surface area (Å²) in [6.07, 6.45) is 2.64. The van der Waals surface area contributed by atoms with Crippen molar-refractivity contribution in [2.24, 2.45) is 0 Å². The summed E-state index contributed by atoms with van der Waals surface area (Å²) in [5, 5.41) is 0. The molecular weight excluding hydrogens is 132 g/mol. The van der Waals surface area contributed by atoms with E-state index in [1.807, 2.05) is 0 Å². The van der Waals surface area contributed by atoms with Gasteiger partial charge in [0.2, 0.25) is 0 Å². The normalized spacial score (nSPS) is 24.9. The summed E-state index contributed by atoms with van der Waals surface area (Å²) in [6, 6.07) is 0. The number of unbranched alkanes of at least 4 members (excludes halogenated alkanes) is 1. The lowest BCUT2D eigenvalue weighted by Crippen LogP contribution is -2.15. The Balaban J connectivity index is 2.20. The summed E-state index contributed by atoms with van der Waals surface area (Å²) in [5.74, 6) is -0.201. The van der Waals surface area contributed by atoms with Gasteiger partial charge in [-0.05, 0) is 6.42 Å². The lowest BCUT2D eigenvalue weighted by Gasteiger charge is -2.01. The van der Waals surface area contributed by atoms with Gasteiger partial charge < -0.3 is 9.47 Å². The van der Waals surface area contributed by atoms with Crippen LogP contribution in [0.3, 0.4) is 0 Å². The molecule has 10 heavy (non-hydrogen) atoms. The number of carbonyl (C=O) groups excluding carboxylic acids is 1. The van der Waals surface area contributed by atoms with Crippen molar-refractivity contribution in [1.29, 1.82) is 0 Å². The maximum atomic E-state index is 10.7. The molecule has 1 heterocycles. The van der Waals surface area contributed by atoms with Gasteiger partial charge in [-0.15, -0.1) is 0 Å². The van der Waals surface area contributed by atoms with E-state index in [0.29, 0.717) is 0 Å². The Bertz CT molecular complexity index is 122. The topological polar surface area (TPSA) is 35.5 Å². The van der Waals surface area contributed by atoms with Gasteiger partial charge >= 0.3 is 5.97 Å². The van der Waals surface area contributed by atoms with Gasteiger partial charge in [-0.3, -0.25) is 0 Å². The average Bonchev–Trinajstić information content (AvgIpc) is 2.31. The predicted octanol–water partition coefficient (Wildman–Crippen LogP) is 1.08. The first-order valence-electron chi connectivity index (χ1n) is 3.63. The van der Waals surface area contributed by atoms with Crippen LogP contribution in [0.4, 0.5) is 0 Å². The molecule has 0 amide bonds. The highest BCUT2D eigenvalue weighted by Crippen LogP contribution is 2.11. The monoisotopic (exact) mass is 144 g/mol. The summed E-state index contributed by atoms with van der Waals surface area (Å²) in [5.41, 5.74) is 0. The van der Waals surface area contributed by atoms with Crippen molar-refractivity contribution in [3.05, 3.63) is 0 Å². The fourth-order valence-corrected chi connectivity index (χ4v) is 0.926. The van der Waals surface area contributed by atoms with Crippen molar-refractivity contribution in [2.45, 2.75) is 32.3 Å². The Labute approximate surface area is 60.3 Å². The van der Waals surface area contributed by atoms with E-state index in [9.17, 15) is 4.79 Å². The standard InChI is InChI=1S/C7H12O3/c1-2-3-4-6-7(8)10-5-9-6/h6H,2-5H2,1H3/t6-/m0/s1. The van der Waals surface area contributed by atoms with Crippen molar-refractivity contribution in [1.82, 2.24) is 0 Å². The van der Waals surface area contributed by atoms with E-state index in [2.05, 4.69) is 11.7 Å². The van der Waals surface area contributed by atoms with Gasteiger partial charge in [0.1, 0.15) is 0 Å². The van der Waals surface area contributed by atoms with Crippen LogP contribution in [0.15, 0.2) is 0 Å². The Morgan fingerprint density at radius 1 is 1.70 bits per heavy atom. The number of ether oxygens (including phenoxy) is 2. The zero-order valence-electron chi connectivity index (χ0n) is 6.13. The number of hydrogen-bond donors (Lipinski definition) is 0. The molecule has 3 nitrogen and oxygen atoms in total. The van der Waals surface area contributed by atoms with Gasteiger partial charge in [0.25, 0.3) is 0 Å². The molecule has 1 aliphatic heterocycles. The molecular formula is C7H12O3. The van der Waals surface area contributed by atoms with Crippen LogP contribution in [0.2, 0.25) is 0 Å². The third-order valence-corrected chi connectivity index (χ3v) is 1.55. The Morgan fingerprint density at radius 3 is 3.00 bits per heavy atom. The molecule has 1 saturated heterocycles. The molecule has 0 aromatic heterocycles. The highest BCUT2D eigenvalue weighted by Gasteiger charge is 2.25. The van der Waals surface area contributed by atoms with Crippen LogP contribution in [-0.2, 0) is 14.3 Å². The van der Waals surface area contributed by atoms with E-state index >= 15 is 0 Å². The van der Waals surface area contributed by atoms with Crippen LogP contribution in [0.1, 0.15) is 26.2 Å². The van der Waals surface area contributed by atoms with Crippen molar-refractivity contribution in [3.63, 3.8) is 0 Å². The molecule has 0 aromatic carbocycles. The molecule has 0 aliphatic carbocycles. The van der Waals surface area contributed by atoms with Gasteiger partial charge in [-0.2, -0.15) is 0 Å². The molecule has 1 rings (SSSR count). The SMILES string of the molecule is CCCC[C@@H]1OCOC1=O. The number of carbonyl (C=O) groups is 1. The number of rotatable bonds is 3. The summed E-state index contributed by atoms with van der Waals surface area (Å²) >= 11 is 0. The van der Waals surface area contributed by atoms with Crippen molar-refractivity contribution >= 4 is 5.97 Å². The molecule has 1 fully saturated rings. The predicted molar refractivity (Wildman–Crippen MR) is 35.4 cm³/mol. The van der Waals surface area contributed by atoms with Crippen LogP contribution in [0, 0.1) is 0 Å². The minimum atomic E-state index is -0.278. The summed E-state index contributed by atoms with van der Waals surface area (Å²) in [4.78, 5) is 10.7. The number of hydrogen-bond acceptors (Lipinski definition) is 3. The Kier molecular flexibility index (Phi) is 2.68. The second-order valence-corrected chi connectivity index (χ2v) is 2.38. The van der Waals surface area contributed by atoms with Gasteiger partial charge in [-0.25, -0.2) is 4.79 Å². The van der Waals surface area contributed by atoms with E-state index in [1.165, 1.54) is 0 Å². The van der Waals surface area contributed by atoms with Crippen molar-refractivity contribution < 1.29 is 14.3 Å². The molecule has 1 atom stereocenters. The molecule has 1 aliphatic rings. The molecule has 0 bridgehead atoms. The van der Waals surface area contributed by atoms with E-state index in [0.717, 1.165) is 19.3 Å². The first-order chi connectivity index (χ1) is 4.84. The van der Waals surface area contributed by atoms with Crippen molar-refractivity contribution in [3.8, 4) is 0 Å². The number of cyclic esters (lactones) is 1. The Hall–Kier alpha value is -0.570. The zero-order chi connectivity index (χ0) is 7.40. The molecule has 0 unspecified atom stereocenters. The smallest absolute Gasteiger partial charge is 0.337 e. The quantitative estimate of drug-likeness (QED) is 0.556. The highest BCUT2D eigenvalue weighted by atomic mass is 16.7. The van der Waals surface area contributed by atoms with E-state index < -0.39 is 0 Å². The van der Waals surface area contributed by atoms with E-state index in [-0.39, 0.29) is 18.9 Å². The second kappa shape index (κ2) is 3.56. The fraction of sp³-hybridized carbons (Fsp3) is 0.857. The maximum Gasteiger partial charge on any atom is 0.337 e. The highest BCUT2D eigenvalue weighted by molar-refractivity contribution is 5.75. The zero-order valence-corrected chi connectivity index (χ0v) is 6.13. The van der Waals surface area contributed by atoms with Gasteiger partial charge in [-0.1, -0.05) is 19.8 Å². The first-order valence-corrected chi connectivity index (χ1v) is 3.63. The van der Waals surface area contributed by atoms with Gasteiger partial charge in [0.15, 0.2) is 12.9 Å². The van der Waals surface area contributed by atoms with E-state index in [1.54, 1.807) is 0 Å².